The first-order valence-corrected chi connectivity index (χ1v) is 18.4. The van der Waals surface area contributed by atoms with Gasteiger partial charge in [0.2, 0.25) is 0 Å². The number of fused-ring (bicyclic) bond motifs is 5. The Morgan fingerprint density at radius 1 is 0.364 bits per heavy atom. The number of rotatable bonds is 5. The zero-order chi connectivity index (χ0) is 36.3. The predicted octanol–water partition coefficient (Wildman–Crippen LogP) is 13.6. The molecule has 0 saturated heterocycles. The van der Waals surface area contributed by atoms with Crippen LogP contribution in [-0.4, -0.2) is 9.97 Å². The number of anilines is 3. The van der Waals surface area contributed by atoms with Crippen molar-refractivity contribution in [3.63, 3.8) is 0 Å². The molecule has 258 valence electrons. The summed E-state index contributed by atoms with van der Waals surface area (Å²) in [5, 5.41) is 2.25. The lowest BCUT2D eigenvalue weighted by atomic mass is 10.00. The monoisotopic (exact) mass is 705 g/mol. The Morgan fingerprint density at radius 2 is 0.873 bits per heavy atom. The Kier molecular flexibility index (Phi) is 7.10. The maximum absolute atomic E-state index is 6.83. The number of aromatic nitrogens is 2. The van der Waals surface area contributed by atoms with E-state index in [4.69, 9.17) is 19.4 Å². The highest BCUT2D eigenvalue weighted by atomic mass is 16.5. The van der Waals surface area contributed by atoms with E-state index in [0.717, 1.165) is 78.5 Å². The van der Waals surface area contributed by atoms with Crippen molar-refractivity contribution in [2.45, 2.75) is 0 Å². The summed E-state index contributed by atoms with van der Waals surface area (Å²) in [4.78, 5) is 12.8. The summed E-state index contributed by atoms with van der Waals surface area (Å²) < 4.78 is 13.3. The largest absolute Gasteiger partial charge is 0.453 e. The van der Waals surface area contributed by atoms with Crippen LogP contribution >= 0.6 is 0 Å². The third kappa shape index (κ3) is 5.33. The molecule has 0 radical (unpaired) electrons. The minimum absolute atomic E-state index is 0.579. The van der Waals surface area contributed by atoms with Gasteiger partial charge in [0.25, 0.3) is 0 Å². The van der Waals surface area contributed by atoms with Crippen molar-refractivity contribution in [3.8, 4) is 79.2 Å². The first kappa shape index (κ1) is 31.1. The number of nitrogens with zero attached hydrogens (tertiary/aromatic N) is 3. The fourth-order valence-corrected chi connectivity index (χ4v) is 7.73. The van der Waals surface area contributed by atoms with E-state index in [0.29, 0.717) is 17.3 Å². The molecule has 11 rings (SSSR count). The Balaban J connectivity index is 1.08. The van der Waals surface area contributed by atoms with Crippen LogP contribution in [0.4, 0.5) is 17.1 Å². The highest BCUT2D eigenvalue weighted by Crippen LogP contribution is 2.61. The quantitative estimate of drug-likeness (QED) is 0.178. The second kappa shape index (κ2) is 12.6. The van der Waals surface area contributed by atoms with Crippen LogP contribution in [-0.2, 0) is 0 Å². The lowest BCUT2D eigenvalue weighted by molar-refractivity contribution is 0.447. The van der Waals surface area contributed by atoms with Crippen LogP contribution < -0.4 is 14.4 Å². The Hall–Kier alpha value is -7.50. The summed E-state index contributed by atoms with van der Waals surface area (Å²) in [5.41, 5.74) is 11.8. The number of hydrogen-bond donors (Lipinski definition) is 0. The first-order valence-electron chi connectivity index (χ1n) is 18.4. The van der Waals surface area contributed by atoms with E-state index < -0.39 is 0 Å². The molecule has 0 saturated carbocycles. The highest BCUT2D eigenvalue weighted by Gasteiger charge is 2.36. The zero-order valence-corrected chi connectivity index (χ0v) is 29.6. The van der Waals surface area contributed by atoms with Crippen molar-refractivity contribution < 1.29 is 9.47 Å². The summed E-state index contributed by atoms with van der Waals surface area (Å²) in [7, 11) is 0. The molecule has 0 N–H and O–H groups in total. The van der Waals surface area contributed by atoms with E-state index in [1.807, 2.05) is 30.3 Å². The molecule has 3 heterocycles. The van der Waals surface area contributed by atoms with Crippen molar-refractivity contribution in [3.05, 3.63) is 188 Å². The smallest absolute Gasteiger partial charge is 0.164 e. The van der Waals surface area contributed by atoms with Gasteiger partial charge in [-0.3, -0.25) is 4.90 Å². The molecule has 55 heavy (non-hydrogen) atoms. The summed E-state index contributed by atoms with van der Waals surface area (Å²) in [6, 6.07) is 64.9. The molecule has 9 aromatic rings. The molecule has 1 aromatic heterocycles. The topological polar surface area (TPSA) is 47.5 Å². The van der Waals surface area contributed by atoms with Gasteiger partial charge in [0, 0.05) is 11.1 Å². The molecular weight excluding hydrogens is 675 g/mol. The first-order chi connectivity index (χ1) is 27.2. The molecule has 0 unspecified atom stereocenters. The fraction of sp³-hybridized carbons (Fsp3) is 0. The Labute approximate surface area is 318 Å². The van der Waals surface area contributed by atoms with Crippen molar-refractivity contribution in [2.75, 3.05) is 4.90 Å². The number of para-hydroxylation sites is 2. The van der Waals surface area contributed by atoms with Crippen LogP contribution in [0.5, 0.6) is 23.0 Å². The predicted molar refractivity (Wildman–Crippen MR) is 222 cm³/mol. The lowest BCUT2D eigenvalue weighted by Gasteiger charge is -2.38. The summed E-state index contributed by atoms with van der Waals surface area (Å²) >= 11 is 0. The van der Waals surface area contributed by atoms with E-state index in [2.05, 4.69) is 163 Å². The number of ether oxygens (including phenoxy) is 2. The van der Waals surface area contributed by atoms with Gasteiger partial charge in [0.05, 0.1) is 28.3 Å². The van der Waals surface area contributed by atoms with Gasteiger partial charge in [-0.15, -0.1) is 0 Å². The van der Waals surface area contributed by atoms with Crippen LogP contribution in [0, 0.1) is 0 Å². The van der Waals surface area contributed by atoms with E-state index in [1.54, 1.807) is 0 Å². The molecule has 2 aliphatic rings. The number of benzene rings is 8. The van der Waals surface area contributed by atoms with Crippen molar-refractivity contribution >= 4 is 27.8 Å². The average Bonchev–Trinajstić information content (AvgIpc) is 3.26. The average molecular weight is 706 g/mol. The highest BCUT2D eigenvalue weighted by molar-refractivity contribution is 6.00. The molecule has 2 aliphatic heterocycles. The molecular formula is C50H31N3O2. The van der Waals surface area contributed by atoms with Crippen LogP contribution in [0.1, 0.15) is 0 Å². The van der Waals surface area contributed by atoms with Gasteiger partial charge in [0.1, 0.15) is 5.69 Å². The maximum Gasteiger partial charge on any atom is 0.164 e. The lowest BCUT2D eigenvalue weighted by Crippen LogP contribution is -2.20. The zero-order valence-electron chi connectivity index (χ0n) is 29.6. The van der Waals surface area contributed by atoms with Gasteiger partial charge in [0.15, 0.2) is 28.8 Å². The van der Waals surface area contributed by atoms with E-state index >= 15 is 0 Å². The van der Waals surface area contributed by atoms with E-state index in [-0.39, 0.29) is 0 Å². The molecule has 0 fully saturated rings. The third-order valence-corrected chi connectivity index (χ3v) is 10.5. The second-order valence-corrected chi connectivity index (χ2v) is 13.8. The molecule has 0 bridgehead atoms. The molecule has 5 heteroatoms. The van der Waals surface area contributed by atoms with Gasteiger partial charge in [-0.25, -0.2) is 9.97 Å². The van der Waals surface area contributed by atoms with Crippen LogP contribution in [0.25, 0.3) is 66.9 Å². The standard InChI is InChI=1S/C50H31N3O2/c1-3-11-32(12-4-1)34-21-25-36(26-22-34)41-31-42(37-27-23-35(24-28-37)33-13-5-2-6-14-33)52-50(51-41)40-17-9-18-43-49(40)55-46-20-10-19-45-48(46)53(43)44-29-38-15-7-8-16-39(38)30-47(44)54-45/h1-31H. The van der Waals surface area contributed by atoms with Gasteiger partial charge >= 0.3 is 0 Å². The Morgan fingerprint density at radius 3 is 1.49 bits per heavy atom. The second-order valence-electron chi connectivity index (χ2n) is 13.8. The molecule has 8 aromatic carbocycles. The van der Waals surface area contributed by atoms with Gasteiger partial charge in [-0.05, 0) is 75.5 Å². The SMILES string of the molecule is c1ccc(-c2ccc(-c3cc(-c4ccc(-c5ccccc5)cc4)nc(-c4cccc5c4Oc4cccc6c4N5c4cc5ccccc5cc4O6)n3)cc2)cc1. The van der Waals surface area contributed by atoms with Gasteiger partial charge < -0.3 is 9.47 Å². The van der Waals surface area contributed by atoms with Gasteiger partial charge in [-0.1, -0.05) is 146 Å². The fourth-order valence-electron chi connectivity index (χ4n) is 7.73. The molecule has 0 aliphatic carbocycles. The van der Waals surface area contributed by atoms with E-state index in [9.17, 15) is 0 Å². The van der Waals surface area contributed by atoms with E-state index in [1.165, 1.54) is 11.1 Å². The van der Waals surface area contributed by atoms with Gasteiger partial charge in [-0.2, -0.15) is 0 Å². The normalized spacial score (nSPS) is 12.3. The molecule has 5 nitrogen and oxygen atoms in total. The third-order valence-electron chi connectivity index (χ3n) is 10.5. The van der Waals surface area contributed by atoms with Crippen LogP contribution in [0.2, 0.25) is 0 Å². The summed E-state index contributed by atoms with van der Waals surface area (Å²) in [5.74, 6) is 3.51. The minimum atomic E-state index is 0.579. The minimum Gasteiger partial charge on any atom is -0.453 e. The molecule has 0 spiro atoms. The van der Waals surface area contributed by atoms with Crippen LogP contribution in [0.3, 0.4) is 0 Å². The summed E-state index contributed by atoms with van der Waals surface area (Å²) in [6.45, 7) is 0. The maximum atomic E-state index is 6.83. The summed E-state index contributed by atoms with van der Waals surface area (Å²) in [6.07, 6.45) is 0. The molecule has 0 atom stereocenters. The van der Waals surface area contributed by atoms with Crippen molar-refractivity contribution in [1.29, 1.82) is 0 Å². The van der Waals surface area contributed by atoms with Crippen molar-refractivity contribution in [1.82, 2.24) is 9.97 Å². The molecule has 0 amide bonds. The number of hydrogen-bond acceptors (Lipinski definition) is 5. The Bertz CT molecular complexity index is 2810. The van der Waals surface area contributed by atoms with Crippen LogP contribution in [0.15, 0.2) is 188 Å². The van der Waals surface area contributed by atoms with Crippen molar-refractivity contribution in [2.24, 2.45) is 0 Å².